The molecule has 3 aliphatic rings. The van der Waals surface area contributed by atoms with Gasteiger partial charge in [0.1, 0.15) is 28.6 Å². The summed E-state index contributed by atoms with van der Waals surface area (Å²) in [6.07, 6.45) is 11.5. The summed E-state index contributed by atoms with van der Waals surface area (Å²) in [5, 5.41) is 10.4. The lowest BCUT2D eigenvalue weighted by molar-refractivity contribution is 0.364. The summed E-state index contributed by atoms with van der Waals surface area (Å²) in [6, 6.07) is 2.30. The normalized spacial score (nSPS) is 23.3. The van der Waals surface area contributed by atoms with Gasteiger partial charge < -0.3 is 9.47 Å². The Labute approximate surface area is 175 Å². The van der Waals surface area contributed by atoms with E-state index in [0.717, 1.165) is 43.1 Å². The number of aryl methyl sites for hydroxylation is 2. The number of rotatable bonds is 3. The van der Waals surface area contributed by atoms with Crippen LogP contribution in [0.5, 0.6) is 0 Å². The number of hydrogen-bond donors (Lipinski definition) is 0. The fourth-order valence-corrected chi connectivity index (χ4v) is 6.44. The maximum absolute atomic E-state index is 4.68. The zero-order chi connectivity index (χ0) is 19.4. The minimum atomic E-state index is 0.446. The predicted molar refractivity (Wildman–Crippen MR) is 116 cm³/mol. The molecule has 29 heavy (non-hydrogen) atoms. The highest BCUT2D eigenvalue weighted by molar-refractivity contribution is 7.18. The molecule has 2 aliphatic heterocycles. The Morgan fingerprint density at radius 3 is 2.86 bits per heavy atom. The lowest BCUT2D eigenvalue weighted by atomic mass is 9.90. The Morgan fingerprint density at radius 2 is 2.00 bits per heavy atom. The number of piperidine rings is 1. The van der Waals surface area contributed by atoms with Crippen LogP contribution in [0.25, 0.3) is 10.2 Å². The zero-order valence-electron chi connectivity index (χ0n) is 17.1. The summed E-state index contributed by atoms with van der Waals surface area (Å²) in [5.74, 6) is 4.26. The largest absolute Gasteiger partial charge is 0.356 e. The third-order valence-electron chi connectivity index (χ3n) is 7.41. The summed E-state index contributed by atoms with van der Waals surface area (Å²) in [6.45, 7) is 5.50. The van der Waals surface area contributed by atoms with Crippen LogP contribution in [0.2, 0.25) is 0 Å². The molecule has 0 radical (unpaired) electrons. The monoisotopic (exact) mass is 408 g/mol. The Morgan fingerprint density at radius 1 is 1.10 bits per heavy atom. The van der Waals surface area contributed by atoms with E-state index >= 15 is 0 Å². The van der Waals surface area contributed by atoms with Gasteiger partial charge in [-0.25, -0.2) is 9.97 Å². The maximum Gasteiger partial charge on any atom is 0.140 e. The summed E-state index contributed by atoms with van der Waals surface area (Å²) in [4.78, 5) is 14.2. The van der Waals surface area contributed by atoms with E-state index in [4.69, 9.17) is 0 Å². The van der Waals surface area contributed by atoms with E-state index in [0.29, 0.717) is 11.3 Å². The average Bonchev–Trinajstić information content (AvgIpc) is 3.14. The van der Waals surface area contributed by atoms with Crippen molar-refractivity contribution in [2.75, 3.05) is 18.0 Å². The molecule has 5 heterocycles. The first-order valence-corrected chi connectivity index (χ1v) is 12.0. The van der Waals surface area contributed by atoms with Gasteiger partial charge in [-0.1, -0.05) is 13.3 Å². The van der Waals surface area contributed by atoms with Gasteiger partial charge in [0.2, 0.25) is 0 Å². The van der Waals surface area contributed by atoms with Gasteiger partial charge in [0, 0.05) is 36.9 Å². The van der Waals surface area contributed by atoms with Crippen LogP contribution in [0.3, 0.4) is 0 Å². The summed E-state index contributed by atoms with van der Waals surface area (Å²) in [5.41, 5.74) is 0.446. The number of anilines is 1. The summed E-state index contributed by atoms with van der Waals surface area (Å²) < 4.78 is 2.46. The van der Waals surface area contributed by atoms with E-state index in [1.165, 1.54) is 60.4 Å². The molecule has 3 aromatic rings. The quantitative estimate of drug-likeness (QED) is 0.645. The third-order valence-corrected chi connectivity index (χ3v) is 8.59. The van der Waals surface area contributed by atoms with Gasteiger partial charge in [0.25, 0.3) is 0 Å². The molecule has 0 N–H and O–H groups in total. The number of fused-ring (bicyclic) bond motifs is 2. The van der Waals surface area contributed by atoms with E-state index in [1.54, 1.807) is 17.7 Å². The SMILES string of the molecule is CCc1cc2c(N3CCC4(CC3)C[C@H]4c3nnc4n3CCCCC4)ncnc2s1. The molecule has 0 amide bonds. The van der Waals surface area contributed by atoms with Crippen molar-refractivity contribution in [3.63, 3.8) is 0 Å². The van der Waals surface area contributed by atoms with Crippen molar-refractivity contribution in [2.45, 2.75) is 70.8 Å². The number of hydrogen-bond acceptors (Lipinski definition) is 6. The molecule has 152 valence electrons. The van der Waals surface area contributed by atoms with Gasteiger partial charge in [-0.05, 0) is 50.0 Å². The molecule has 7 heteroatoms. The van der Waals surface area contributed by atoms with E-state index in [9.17, 15) is 0 Å². The van der Waals surface area contributed by atoms with Crippen LogP contribution in [0.15, 0.2) is 12.4 Å². The fourth-order valence-electron chi connectivity index (χ4n) is 5.51. The molecule has 1 atom stereocenters. The first-order valence-electron chi connectivity index (χ1n) is 11.2. The van der Waals surface area contributed by atoms with Crippen molar-refractivity contribution < 1.29 is 0 Å². The van der Waals surface area contributed by atoms with Crippen LogP contribution in [0, 0.1) is 5.41 Å². The Balaban J connectivity index is 1.20. The first-order chi connectivity index (χ1) is 14.3. The molecule has 0 aromatic carbocycles. The highest BCUT2D eigenvalue weighted by Crippen LogP contribution is 2.64. The molecule has 6 nitrogen and oxygen atoms in total. The standard InChI is InChI=1S/C22H28N6S/c1-2-15-12-16-19(23-14-24-21(16)29-15)27-10-7-22(8-11-27)13-17(22)20-26-25-18-6-4-3-5-9-28(18)20/h12,14,17H,2-11,13H2,1H3/t17-/m0/s1. The Bertz CT molecular complexity index is 1040. The van der Waals surface area contributed by atoms with Gasteiger partial charge in [-0.2, -0.15) is 0 Å². The smallest absolute Gasteiger partial charge is 0.140 e. The molecular formula is C22H28N6S. The lowest BCUT2D eigenvalue weighted by Gasteiger charge is -2.34. The van der Waals surface area contributed by atoms with Crippen molar-refractivity contribution in [1.82, 2.24) is 24.7 Å². The summed E-state index contributed by atoms with van der Waals surface area (Å²) in [7, 11) is 0. The van der Waals surface area contributed by atoms with E-state index in [2.05, 4.69) is 42.6 Å². The molecule has 1 saturated heterocycles. The zero-order valence-corrected chi connectivity index (χ0v) is 17.9. The van der Waals surface area contributed by atoms with Crippen LogP contribution in [-0.2, 0) is 19.4 Å². The van der Waals surface area contributed by atoms with Crippen molar-refractivity contribution in [2.24, 2.45) is 5.41 Å². The van der Waals surface area contributed by atoms with Gasteiger partial charge in [0.15, 0.2) is 0 Å². The number of nitrogens with zero attached hydrogens (tertiary/aromatic N) is 6. The molecule has 3 aromatic heterocycles. The minimum Gasteiger partial charge on any atom is -0.356 e. The highest BCUT2D eigenvalue weighted by atomic mass is 32.1. The van der Waals surface area contributed by atoms with Crippen LogP contribution in [-0.4, -0.2) is 37.8 Å². The highest BCUT2D eigenvalue weighted by Gasteiger charge is 2.57. The van der Waals surface area contributed by atoms with Gasteiger partial charge in [-0.15, -0.1) is 21.5 Å². The fraction of sp³-hybridized carbons (Fsp3) is 0.636. The van der Waals surface area contributed by atoms with E-state index in [-0.39, 0.29) is 0 Å². The second-order valence-corrected chi connectivity index (χ2v) is 10.1. The second kappa shape index (κ2) is 6.76. The second-order valence-electron chi connectivity index (χ2n) is 9.03. The molecule has 1 saturated carbocycles. The van der Waals surface area contributed by atoms with Gasteiger partial charge in [0.05, 0.1) is 5.39 Å². The molecule has 1 spiro atoms. The minimum absolute atomic E-state index is 0.446. The molecule has 6 rings (SSSR count). The van der Waals surface area contributed by atoms with Crippen LogP contribution in [0.1, 0.15) is 67.9 Å². The van der Waals surface area contributed by atoms with Crippen LogP contribution >= 0.6 is 11.3 Å². The molecular weight excluding hydrogens is 380 g/mol. The number of thiophene rings is 1. The molecule has 0 unspecified atom stereocenters. The Kier molecular flexibility index (Phi) is 4.15. The predicted octanol–water partition coefficient (Wildman–Crippen LogP) is 4.35. The van der Waals surface area contributed by atoms with Crippen molar-refractivity contribution in [1.29, 1.82) is 0 Å². The van der Waals surface area contributed by atoms with Crippen molar-refractivity contribution in [3.8, 4) is 0 Å². The van der Waals surface area contributed by atoms with Crippen LogP contribution < -0.4 is 4.90 Å². The first kappa shape index (κ1) is 17.8. The molecule has 2 fully saturated rings. The Hall–Kier alpha value is -2.02. The molecule has 1 aliphatic carbocycles. The number of aromatic nitrogens is 5. The summed E-state index contributed by atoms with van der Waals surface area (Å²) >= 11 is 1.81. The van der Waals surface area contributed by atoms with E-state index < -0.39 is 0 Å². The van der Waals surface area contributed by atoms with Gasteiger partial charge >= 0.3 is 0 Å². The van der Waals surface area contributed by atoms with Crippen molar-refractivity contribution in [3.05, 3.63) is 28.9 Å². The third kappa shape index (κ3) is 2.88. The van der Waals surface area contributed by atoms with E-state index in [1.807, 2.05) is 0 Å². The topological polar surface area (TPSA) is 59.7 Å². The van der Waals surface area contributed by atoms with Crippen molar-refractivity contribution >= 4 is 27.4 Å². The average molecular weight is 409 g/mol. The van der Waals surface area contributed by atoms with Gasteiger partial charge in [-0.3, -0.25) is 0 Å². The van der Waals surface area contributed by atoms with Crippen LogP contribution in [0.4, 0.5) is 5.82 Å². The lowest BCUT2D eigenvalue weighted by Crippen LogP contribution is -2.35. The maximum atomic E-state index is 4.68. The molecule has 0 bridgehead atoms.